The topological polar surface area (TPSA) is 68.3 Å². The highest BCUT2D eigenvalue weighted by atomic mass is 35.5. The van der Waals surface area contributed by atoms with Gasteiger partial charge in [0.1, 0.15) is 5.58 Å². The molecule has 0 spiro atoms. The SMILES string of the molecule is Cc1c(C(=O)NC2C3CCCC2CC(N)C3)oc2ccccc12.Cl. The van der Waals surface area contributed by atoms with E-state index >= 15 is 0 Å². The van der Waals surface area contributed by atoms with E-state index in [-0.39, 0.29) is 24.4 Å². The van der Waals surface area contributed by atoms with Gasteiger partial charge in [0.25, 0.3) is 5.91 Å². The van der Waals surface area contributed by atoms with Crippen molar-refractivity contribution in [3.05, 3.63) is 35.6 Å². The molecule has 2 saturated carbocycles. The quantitative estimate of drug-likeness (QED) is 0.867. The molecule has 24 heavy (non-hydrogen) atoms. The molecule has 5 heteroatoms. The molecule has 0 aliphatic heterocycles. The summed E-state index contributed by atoms with van der Waals surface area (Å²) >= 11 is 0. The second-order valence-electron chi connectivity index (χ2n) is 7.23. The molecule has 4 nitrogen and oxygen atoms in total. The monoisotopic (exact) mass is 348 g/mol. The number of benzene rings is 1. The molecule has 2 fully saturated rings. The second kappa shape index (κ2) is 6.77. The van der Waals surface area contributed by atoms with Crippen LogP contribution in [-0.4, -0.2) is 18.0 Å². The molecule has 130 valence electrons. The molecule has 2 aromatic rings. The lowest BCUT2D eigenvalue weighted by molar-refractivity contribution is 0.0733. The number of carbonyl (C=O) groups excluding carboxylic acids is 1. The summed E-state index contributed by atoms with van der Waals surface area (Å²) in [6.07, 6.45) is 5.67. The Morgan fingerprint density at radius 2 is 1.88 bits per heavy atom. The van der Waals surface area contributed by atoms with Gasteiger partial charge in [0.15, 0.2) is 5.76 Å². The Balaban J connectivity index is 0.00000169. The lowest BCUT2D eigenvalue weighted by Gasteiger charge is -2.45. The maximum Gasteiger partial charge on any atom is 0.287 e. The van der Waals surface area contributed by atoms with Crippen molar-refractivity contribution in [1.29, 1.82) is 0 Å². The maximum absolute atomic E-state index is 12.8. The molecule has 0 radical (unpaired) electrons. The molecule has 3 N–H and O–H groups in total. The number of furan rings is 1. The van der Waals surface area contributed by atoms with Crippen LogP contribution in [0.2, 0.25) is 0 Å². The van der Waals surface area contributed by atoms with Crippen LogP contribution in [0.15, 0.2) is 28.7 Å². The van der Waals surface area contributed by atoms with Gasteiger partial charge in [-0.05, 0) is 50.5 Å². The van der Waals surface area contributed by atoms with Gasteiger partial charge in [-0.2, -0.15) is 0 Å². The van der Waals surface area contributed by atoms with Crippen molar-refractivity contribution in [2.24, 2.45) is 17.6 Å². The van der Waals surface area contributed by atoms with Crippen LogP contribution in [0.4, 0.5) is 0 Å². The maximum atomic E-state index is 12.8. The number of nitrogens with two attached hydrogens (primary N) is 1. The van der Waals surface area contributed by atoms with Crippen molar-refractivity contribution in [3.63, 3.8) is 0 Å². The van der Waals surface area contributed by atoms with E-state index in [2.05, 4.69) is 5.32 Å². The predicted molar refractivity (Wildman–Crippen MR) is 97.5 cm³/mol. The van der Waals surface area contributed by atoms with Gasteiger partial charge in [0, 0.05) is 23.0 Å². The molecular weight excluding hydrogens is 324 g/mol. The lowest BCUT2D eigenvalue weighted by atomic mass is 9.67. The summed E-state index contributed by atoms with van der Waals surface area (Å²) in [6.45, 7) is 1.96. The summed E-state index contributed by atoms with van der Waals surface area (Å²) in [5, 5.41) is 4.29. The minimum Gasteiger partial charge on any atom is -0.451 e. The van der Waals surface area contributed by atoms with Gasteiger partial charge in [0.2, 0.25) is 0 Å². The predicted octanol–water partition coefficient (Wildman–Crippen LogP) is 3.80. The first-order chi connectivity index (χ1) is 11.1. The fraction of sp³-hybridized carbons (Fsp3) is 0.526. The summed E-state index contributed by atoms with van der Waals surface area (Å²) in [4.78, 5) is 12.8. The highest BCUT2D eigenvalue weighted by Gasteiger charge is 2.40. The van der Waals surface area contributed by atoms with E-state index < -0.39 is 0 Å². The standard InChI is InChI=1S/C19H24N2O2.ClH/c1-11-15-7-2-3-8-16(15)23-18(11)19(22)21-17-12-5-4-6-13(17)10-14(20)9-12;/h2-3,7-8,12-14,17H,4-6,9-10,20H2,1H3,(H,21,22);1H. The van der Waals surface area contributed by atoms with Crippen LogP contribution in [0.25, 0.3) is 11.0 Å². The van der Waals surface area contributed by atoms with Crippen molar-refractivity contribution < 1.29 is 9.21 Å². The molecule has 2 aliphatic carbocycles. The zero-order valence-electron chi connectivity index (χ0n) is 14.0. The van der Waals surface area contributed by atoms with E-state index in [1.54, 1.807) is 0 Å². The van der Waals surface area contributed by atoms with Crippen LogP contribution in [0.1, 0.15) is 48.2 Å². The molecule has 1 aromatic carbocycles. The minimum absolute atomic E-state index is 0. The molecule has 2 aliphatic rings. The Labute approximate surface area is 148 Å². The fourth-order valence-electron chi connectivity index (χ4n) is 4.63. The molecule has 1 heterocycles. The molecule has 1 aromatic heterocycles. The molecule has 2 atom stereocenters. The summed E-state index contributed by atoms with van der Waals surface area (Å²) < 4.78 is 5.81. The van der Waals surface area contributed by atoms with E-state index in [9.17, 15) is 4.79 Å². The number of para-hydroxylation sites is 1. The lowest BCUT2D eigenvalue weighted by Crippen LogP contribution is -2.53. The van der Waals surface area contributed by atoms with Gasteiger partial charge in [-0.25, -0.2) is 0 Å². The van der Waals surface area contributed by atoms with Crippen molar-refractivity contribution >= 4 is 29.3 Å². The largest absolute Gasteiger partial charge is 0.451 e. The first-order valence-corrected chi connectivity index (χ1v) is 8.68. The summed E-state index contributed by atoms with van der Waals surface area (Å²) in [6, 6.07) is 8.36. The fourth-order valence-corrected chi connectivity index (χ4v) is 4.63. The minimum atomic E-state index is -0.0731. The van der Waals surface area contributed by atoms with Crippen LogP contribution in [0, 0.1) is 18.8 Å². The number of aryl methyl sites for hydroxylation is 1. The van der Waals surface area contributed by atoms with Crippen molar-refractivity contribution in [1.82, 2.24) is 5.32 Å². The first kappa shape index (κ1) is 17.3. The van der Waals surface area contributed by atoms with Crippen LogP contribution in [-0.2, 0) is 0 Å². The van der Waals surface area contributed by atoms with Crippen LogP contribution in [0.5, 0.6) is 0 Å². The Kier molecular flexibility index (Phi) is 4.88. The van der Waals surface area contributed by atoms with Crippen molar-refractivity contribution in [3.8, 4) is 0 Å². The molecule has 0 saturated heterocycles. The highest BCUT2D eigenvalue weighted by Crippen LogP contribution is 2.40. The average Bonchev–Trinajstić information content (AvgIpc) is 2.86. The Hall–Kier alpha value is -1.52. The highest BCUT2D eigenvalue weighted by molar-refractivity contribution is 5.99. The third-order valence-corrected chi connectivity index (χ3v) is 5.72. The van der Waals surface area contributed by atoms with E-state index in [4.69, 9.17) is 10.2 Å². The van der Waals surface area contributed by atoms with Gasteiger partial charge in [-0.15, -0.1) is 12.4 Å². The number of nitrogens with one attached hydrogen (secondary N) is 1. The second-order valence-corrected chi connectivity index (χ2v) is 7.23. The van der Waals surface area contributed by atoms with Crippen molar-refractivity contribution in [2.75, 3.05) is 0 Å². The number of rotatable bonds is 2. The van der Waals surface area contributed by atoms with E-state index in [0.29, 0.717) is 23.6 Å². The zero-order chi connectivity index (χ0) is 16.0. The first-order valence-electron chi connectivity index (χ1n) is 8.68. The number of fused-ring (bicyclic) bond motifs is 3. The Morgan fingerprint density at radius 1 is 1.21 bits per heavy atom. The van der Waals surface area contributed by atoms with Gasteiger partial charge in [0.05, 0.1) is 0 Å². The smallest absolute Gasteiger partial charge is 0.287 e. The normalized spacial score (nSPS) is 29.1. The van der Waals surface area contributed by atoms with Gasteiger partial charge >= 0.3 is 0 Å². The third-order valence-electron chi connectivity index (χ3n) is 5.72. The number of amides is 1. The molecule has 1 amide bonds. The number of carbonyl (C=O) groups is 1. The summed E-state index contributed by atoms with van der Waals surface area (Å²) in [5.41, 5.74) is 7.88. The van der Waals surface area contributed by atoms with Gasteiger partial charge in [-0.3, -0.25) is 4.79 Å². The van der Waals surface area contributed by atoms with E-state index in [0.717, 1.165) is 29.4 Å². The molecule has 4 rings (SSSR count). The van der Waals surface area contributed by atoms with Crippen LogP contribution in [0.3, 0.4) is 0 Å². The average molecular weight is 349 g/mol. The molecular formula is C19H25ClN2O2. The van der Waals surface area contributed by atoms with Crippen LogP contribution >= 0.6 is 12.4 Å². The van der Waals surface area contributed by atoms with Gasteiger partial charge < -0.3 is 15.5 Å². The van der Waals surface area contributed by atoms with Crippen LogP contribution < -0.4 is 11.1 Å². The molecule has 2 bridgehead atoms. The van der Waals surface area contributed by atoms with Crippen molar-refractivity contribution in [2.45, 2.75) is 51.1 Å². The summed E-state index contributed by atoms with van der Waals surface area (Å²) in [5.74, 6) is 1.42. The number of hydrogen-bond donors (Lipinski definition) is 2. The summed E-state index contributed by atoms with van der Waals surface area (Å²) in [7, 11) is 0. The molecule has 2 unspecified atom stereocenters. The number of hydrogen-bond acceptors (Lipinski definition) is 3. The zero-order valence-corrected chi connectivity index (χ0v) is 14.8. The number of halogens is 1. The third kappa shape index (κ3) is 2.93. The Morgan fingerprint density at radius 3 is 2.54 bits per heavy atom. The Bertz CT molecular complexity index is 728. The van der Waals surface area contributed by atoms with E-state index in [1.807, 2.05) is 31.2 Å². The van der Waals surface area contributed by atoms with E-state index in [1.165, 1.54) is 19.3 Å². The van der Waals surface area contributed by atoms with Gasteiger partial charge in [-0.1, -0.05) is 24.6 Å².